The third-order valence-corrected chi connectivity index (χ3v) is 3.72. The van der Waals surface area contributed by atoms with Gasteiger partial charge in [-0.1, -0.05) is 18.7 Å². The van der Waals surface area contributed by atoms with Crippen molar-refractivity contribution in [2.75, 3.05) is 6.54 Å². The van der Waals surface area contributed by atoms with Gasteiger partial charge in [-0.2, -0.15) is 0 Å². The first-order chi connectivity index (χ1) is 9.42. The molecule has 110 valence electrons. The number of carboxylic acids is 1. The monoisotopic (exact) mass is 298 g/mol. The van der Waals surface area contributed by atoms with Crippen molar-refractivity contribution in [3.63, 3.8) is 0 Å². The third kappa shape index (κ3) is 3.64. The van der Waals surface area contributed by atoms with Gasteiger partial charge in [-0.05, 0) is 19.4 Å². The molecule has 1 saturated heterocycles. The molecule has 0 aromatic rings. The Balaban J connectivity index is 3.11. The second-order valence-corrected chi connectivity index (χ2v) is 5.14. The number of carbonyl (C=O) groups is 2. The molecule has 1 aliphatic heterocycles. The molecule has 1 N–H and O–H groups in total. The van der Waals surface area contributed by atoms with Crippen molar-refractivity contribution in [1.82, 2.24) is 4.31 Å². The summed E-state index contributed by atoms with van der Waals surface area (Å²) in [5.41, 5.74) is 0.545. The maximum atomic E-state index is 12.3. The van der Waals surface area contributed by atoms with Gasteiger partial charge in [0.1, 0.15) is 0 Å². The molecule has 0 saturated carbocycles. The maximum absolute atomic E-state index is 12.3. The normalized spacial score (nSPS) is 25.0. The SMILES string of the molecule is C=C/C=C1/C(=O)[C@@H](CCC(=O)O)CN(S(=O)[O-])/C1=C/C. The lowest BCUT2D eigenvalue weighted by molar-refractivity contribution is -0.137. The molecule has 6 nitrogen and oxygen atoms in total. The van der Waals surface area contributed by atoms with E-state index in [1.807, 2.05) is 0 Å². The fourth-order valence-corrected chi connectivity index (χ4v) is 2.77. The van der Waals surface area contributed by atoms with E-state index in [1.54, 1.807) is 6.92 Å². The van der Waals surface area contributed by atoms with Gasteiger partial charge in [0.25, 0.3) is 0 Å². The van der Waals surface area contributed by atoms with Gasteiger partial charge < -0.3 is 14.0 Å². The molecule has 0 spiro atoms. The minimum Gasteiger partial charge on any atom is -0.755 e. The topological polar surface area (TPSA) is 97.7 Å². The van der Waals surface area contributed by atoms with Gasteiger partial charge in [0.2, 0.25) is 0 Å². The Morgan fingerprint density at radius 2 is 2.30 bits per heavy atom. The smallest absolute Gasteiger partial charge is 0.303 e. The first-order valence-corrected chi connectivity index (χ1v) is 7.07. The van der Waals surface area contributed by atoms with Crippen molar-refractivity contribution in [2.45, 2.75) is 19.8 Å². The van der Waals surface area contributed by atoms with Crippen LogP contribution in [0.1, 0.15) is 19.8 Å². The first-order valence-electron chi connectivity index (χ1n) is 6.04. The number of hydrogen-bond donors (Lipinski definition) is 1. The summed E-state index contributed by atoms with van der Waals surface area (Å²) in [7, 11) is 0. The van der Waals surface area contributed by atoms with Crippen molar-refractivity contribution in [2.24, 2.45) is 5.92 Å². The molecule has 1 aliphatic rings. The lowest BCUT2D eigenvalue weighted by Gasteiger charge is -2.37. The van der Waals surface area contributed by atoms with Gasteiger partial charge in [-0.15, -0.1) is 0 Å². The van der Waals surface area contributed by atoms with E-state index in [0.29, 0.717) is 5.70 Å². The quantitative estimate of drug-likeness (QED) is 0.606. The molecule has 1 fully saturated rings. The Morgan fingerprint density at radius 3 is 2.75 bits per heavy atom. The van der Waals surface area contributed by atoms with Crippen LogP contribution >= 0.6 is 0 Å². The summed E-state index contributed by atoms with van der Waals surface area (Å²) in [5, 5.41) is 8.68. The summed E-state index contributed by atoms with van der Waals surface area (Å²) in [6, 6.07) is 0. The number of ketones is 1. The fourth-order valence-electron chi connectivity index (χ4n) is 2.11. The van der Waals surface area contributed by atoms with E-state index in [1.165, 1.54) is 18.2 Å². The van der Waals surface area contributed by atoms with Crippen LogP contribution in [0.2, 0.25) is 0 Å². The molecule has 0 radical (unpaired) electrons. The number of aliphatic carboxylic acids is 1. The standard InChI is InChI=1S/C13H17NO5S/c1-3-5-10-11(4-2)14(20(18)19)8-9(13(10)17)6-7-12(15)16/h3-5,9H,1,6-8H2,2H3,(H,15,16)(H,18,19)/p-1/b10-5+,11-4+/t9-/m0/s1. The lowest BCUT2D eigenvalue weighted by atomic mass is 9.87. The zero-order valence-electron chi connectivity index (χ0n) is 11.1. The second-order valence-electron chi connectivity index (χ2n) is 4.26. The van der Waals surface area contributed by atoms with Crippen LogP contribution in [0.5, 0.6) is 0 Å². The molecule has 0 aromatic carbocycles. The van der Waals surface area contributed by atoms with Crippen molar-refractivity contribution < 1.29 is 23.5 Å². The highest BCUT2D eigenvalue weighted by Crippen LogP contribution is 2.30. The minimum absolute atomic E-state index is 0.0314. The Morgan fingerprint density at radius 1 is 1.65 bits per heavy atom. The summed E-state index contributed by atoms with van der Waals surface area (Å²) in [4.78, 5) is 22.9. The number of hydrogen-bond acceptors (Lipinski definition) is 4. The molecule has 20 heavy (non-hydrogen) atoms. The molecular formula is C13H16NO5S-. The van der Waals surface area contributed by atoms with E-state index in [0.717, 1.165) is 4.31 Å². The third-order valence-electron chi connectivity index (χ3n) is 3.01. The number of piperidine rings is 1. The van der Waals surface area contributed by atoms with Crippen molar-refractivity contribution in [1.29, 1.82) is 0 Å². The van der Waals surface area contributed by atoms with Crippen LogP contribution in [0.15, 0.2) is 36.1 Å². The number of nitrogens with zero attached hydrogens (tertiary/aromatic N) is 1. The van der Waals surface area contributed by atoms with Crippen LogP contribution in [0.3, 0.4) is 0 Å². The van der Waals surface area contributed by atoms with E-state index in [9.17, 15) is 18.4 Å². The predicted octanol–water partition coefficient (Wildman–Crippen LogP) is 1.16. The number of Topliss-reactive ketones (excluding diaryl/α,β-unsaturated/α-hetero) is 1. The van der Waals surface area contributed by atoms with Gasteiger partial charge in [-0.25, -0.2) is 0 Å². The van der Waals surface area contributed by atoms with Crippen LogP contribution in [0.4, 0.5) is 0 Å². The summed E-state index contributed by atoms with van der Waals surface area (Å²) in [6.45, 7) is 5.11. The molecule has 0 amide bonds. The number of rotatable bonds is 5. The van der Waals surface area contributed by atoms with E-state index in [-0.39, 0.29) is 30.7 Å². The highest BCUT2D eigenvalue weighted by molar-refractivity contribution is 7.76. The second kappa shape index (κ2) is 7.16. The average Bonchev–Trinajstić information content (AvgIpc) is 2.39. The average molecular weight is 298 g/mol. The van der Waals surface area contributed by atoms with E-state index in [4.69, 9.17) is 5.11 Å². The Bertz CT molecular complexity index is 509. The van der Waals surface area contributed by atoms with Gasteiger partial charge >= 0.3 is 5.97 Å². The van der Waals surface area contributed by atoms with Crippen LogP contribution in [0.25, 0.3) is 0 Å². The number of carboxylic acid groups (broad SMARTS) is 1. The highest BCUT2D eigenvalue weighted by Gasteiger charge is 2.34. The maximum Gasteiger partial charge on any atom is 0.303 e. The minimum atomic E-state index is -2.52. The number of carbonyl (C=O) groups excluding carboxylic acids is 1. The van der Waals surface area contributed by atoms with Gasteiger partial charge in [-0.3, -0.25) is 13.8 Å². The molecule has 1 heterocycles. The van der Waals surface area contributed by atoms with E-state index >= 15 is 0 Å². The van der Waals surface area contributed by atoms with Crippen molar-refractivity contribution >= 4 is 23.0 Å². The number of allylic oxidation sites excluding steroid dienone is 4. The summed E-state index contributed by atoms with van der Waals surface area (Å²) in [5.74, 6) is -1.92. The van der Waals surface area contributed by atoms with Crippen LogP contribution in [0, 0.1) is 5.92 Å². The molecule has 7 heteroatoms. The van der Waals surface area contributed by atoms with Gasteiger partial charge in [0, 0.05) is 35.7 Å². The molecule has 0 bridgehead atoms. The summed E-state index contributed by atoms with van der Waals surface area (Å²) >= 11 is -2.52. The van der Waals surface area contributed by atoms with E-state index < -0.39 is 23.2 Å². The fraction of sp³-hybridized carbons (Fsp3) is 0.385. The first kappa shape index (κ1) is 16.3. The largest absolute Gasteiger partial charge is 0.755 e. The Kier molecular flexibility index (Phi) is 5.84. The van der Waals surface area contributed by atoms with Crippen LogP contribution in [-0.2, 0) is 20.9 Å². The van der Waals surface area contributed by atoms with E-state index in [2.05, 4.69) is 6.58 Å². The van der Waals surface area contributed by atoms with Crippen LogP contribution in [-0.4, -0.2) is 36.5 Å². The zero-order valence-corrected chi connectivity index (χ0v) is 11.9. The molecule has 0 aliphatic carbocycles. The van der Waals surface area contributed by atoms with Crippen LogP contribution < -0.4 is 0 Å². The van der Waals surface area contributed by atoms with Gasteiger partial charge in [0.15, 0.2) is 5.78 Å². The summed E-state index contributed by atoms with van der Waals surface area (Å²) < 4.78 is 23.6. The molecule has 2 atom stereocenters. The van der Waals surface area contributed by atoms with Crippen molar-refractivity contribution in [3.8, 4) is 0 Å². The summed E-state index contributed by atoms with van der Waals surface area (Å²) in [6.07, 6.45) is 4.32. The van der Waals surface area contributed by atoms with Crippen molar-refractivity contribution in [3.05, 3.63) is 36.1 Å². The molecular weight excluding hydrogens is 282 g/mol. The molecule has 1 rings (SSSR count). The Labute approximate surface area is 119 Å². The molecule has 1 unspecified atom stereocenters. The zero-order chi connectivity index (χ0) is 15.3. The molecule has 0 aromatic heterocycles. The van der Waals surface area contributed by atoms with Gasteiger partial charge in [0.05, 0.1) is 5.70 Å². The lowest BCUT2D eigenvalue weighted by Crippen LogP contribution is -2.41. The Hall–Kier alpha value is -1.73. The predicted molar refractivity (Wildman–Crippen MR) is 73.0 cm³/mol. The highest BCUT2D eigenvalue weighted by atomic mass is 32.2.